The Morgan fingerprint density at radius 1 is 0.984 bits per heavy atom. The molecule has 0 radical (unpaired) electrons. The largest absolute Gasteiger partial charge is 0.459 e. The summed E-state index contributed by atoms with van der Waals surface area (Å²) in [7, 11) is 5.22. The second kappa shape index (κ2) is 21.3. The van der Waals surface area contributed by atoms with Crippen molar-refractivity contribution in [1.82, 2.24) is 9.88 Å². The highest BCUT2D eigenvalue weighted by molar-refractivity contribution is 5.88. The number of pyridine rings is 1. The van der Waals surface area contributed by atoms with Crippen LogP contribution in [0.1, 0.15) is 100 Å². The minimum absolute atomic E-state index is 0.0338. The first kappa shape index (κ1) is 50.9. The standard InChI is InChI=1S/C45H73N3O13/c1-14-33-45(10,54)38(50)27(4)35(47-56-20-16-18-31-17-15-19-46-24-31)25(2)22-43(8,53)40(61-42-36(49)32(48(11)12)21-26(3)57-42)28(5)37(29(6)41(52)59-33)60-34-23-44(9,55-13)39(51)30(7)58-34/h15,17,19,24-30,32-34,36-40,42,49-51,53-54H,14,20-23H2,1-13H3/b47-35+/t25-,26-,27+,28+,29-,30+,32+,33?,34+,36-,37?,38-,39+,40-,42+,43-,44-,45-/m1/s1. The smallest absolute Gasteiger partial charge is 0.311 e. The van der Waals surface area contributed by atoms with Crippen LogP contribution in [0.25, 0.3) is 0 Å². The molecule has 0 aromatic carbocycles. The summed E-state index contributed by atoms with van der Waals surface area (Å²) in [5.74, 6) is 1.71. The van der Waals surface area contributed by atoms with Crippen LogP contribution in [-0.2, 0) is 38.1 Å². The van der Waals surface area contributed by atoms with Gasteiger partial charge in [0, 0.05) is 55.3 Å². The molecule has 0 spiro atoms. The van der Waals surface area contributed by atoms with E-state index in [-0.39, 0.29) is 38.0 Å². The molecule has 4 heterocycles. The van der Waals surface area contributed by atoms with Crippen LogP contribution in [0, 0.1) is 35.5 Å². The van der Waals surface area contributed by atoms with Gasteiger partial charge in [-0.25, -0.2) is 0 Å². The average molecular weight is 864 g/mol. The Bertz CT molecular complexity index is 1650. The number of hydrogen-bond donors (Lipinski definition) is 5. The Labute approximate surface area is 362 Å². The number of aliphatic hydroxyl groups is 5. The predicted octanol–water partition coefficient (Wildman–Crippen LogP) is 3.04. The van der Waals surface area contributed by atoms with Crippen LogP contribution in [0.5, 0.6) is 0 Å². The third-order valence-corrected chi connectivity index (χ3v) is 13.1. The fourth-order valence-corrected chi connectivity index (χ4v) is 9.31. The Kier molecular flexibility index (Phi) is 17.7. The molecule has 0 amide bonds. The first-order valence-corrected chi connectivity index (χ1v) is 21.6. The van der Waals surface area contributed by atoms with Crippen LogP contribution >= 0.6 is 0 Å². The molecule has 1 aromatic rings. The number of carbonyl (C=O) groups is 1. The van der Waals surface area contributed by atoms with Gasteiger partial charge < -0.3 is 63.7 Å². The van der Waals surface area contributed by atoms with Crippen LogP contribution in [0.4, 0.5) is 0 Å². The zero-order valence-electron chi connectivity index (χ0n) is 38.3. The molecule has 61 heavy (non-hydrogen) atoms. The fourth-order valence-electron chi connectivity index (χ4n) is 9.31. The van der Waals surface area contributed by atoms with Gasteiger partial charge in [-0.1, -0.05) is 44.7 Å². The van der Waals surface area contributed by atoms with Crippen molar-refractivity contribution < 1.29 is 63.6 Å². The lowest BCUT2D eigenvalue weighted by molar-refractivity contribution is -0.317. The molecule has 346 valence electrons. The number of cyclic esters (lactones) is 1. The summed E-state index contributed by atoms with van der Waals surface area (Å²) in [4.78, 5) is 26.1. The number of aliphatic hydroxyl groups excluding tert-OH is 3. The Morgan fingerprint density at radius 3 is 2.28 bits per heavy atom. The maximum absolute atomic E-state index is 14.4. The highest BCUT2D eigenvalue weighted by atomic mass is 16.7. The Hall–Kier alpha value is -2.79. The molecule has 4 rings (SSSR count). The molecule has 3 saturated heterocycles. The van der Waals surface area contributed by atoms with Gasteiger partial charge in [0.2, 0.25) is 0 Å². The molecule has 2 unspecified atom stereocenters. The van der Waals surface area contributed by atoms with Gasteiger partial charge in [-0.15, -0.1) is 0 Å². The SMILES string of the molecule is CCC1OC(=O)[C@H](C)C(O[C@H]2C[C@@](C)(OC)[C@@H](O)[C@H](C)O2)[C@H](C)[C@@H](O[C@@H]2O[C@H](C)C[C@H](N(C)C)[C@H]2O)[C@](C)(O)C[C@@H](C)/C(=N\OCC#Cc2cccnc2)[C@H](C)[C@@H](O)[C@]1(C)O. The van der Waals surface area contributed by atoms with E-state index in [1.807, 2.05) is 38.9 Å². The van der Waals surface area contributed by atoms with E-state index in [0.29, 0.717) is 17.7 Å². The lowest BCUT2D eigenvalue weighted by Gasteiger charge is -2.49. The lowest BCUT2D eigenvalue weighted by Crippen LogP contribution is -2.61. The molecular weight excluding hydrogens is 791 g/mol. The van der Waals surface area contributed by atoms with E-state index in [1.54, 1.807) is 66.9 Å². The number of oxime groups is 1. The van der Waals surface area contributed by atoms with Crippen LogP contribution in [0.3, 0.4) is 0 Å². The van der Waals surface area contributed by atoms with E-state index in [4.69, 9.17) is 33.3 Å². The molecule has 1 aromatic heterocycles. The van der Waals surface area contributed by atoms with E-state index >= 15 is 0 Å². The first-order chi connectivity index (χ1) is 28.5. The number of esters is 1. The molecule has 3 aliphatic rings. The first-order valence-electron chi connectivity index (χ1n) is 21.6. The molecular formula is C45H73N3O13. The minimum Gasteiger partial charge on any atom is -0.459 e. The van der Waals surface area contributed by atoms with Gasteiger partial charge in [-0.05, 0) is 87.0 Å². The van der Waals surface area contributed by atoms with Gasteiger partial charge in [0.25, 0.3) is 0 Å². The van der Waals surface area contributed by atoms with Crippen molar-refractivity contribution in [2.24, 2.45) is 28.8 Å². The van der Waals surface area contributed by atoms with Gasteiger partial charge in [0.15, 0.2) is 19.2 Å². The molecule has 16 heteroatoms. The van der Waals surface area contributed by atoms with Gasteiger partial charge >= 0.3 is 5.97 Å². The van der Waals surface area contributed by atoms with Crippen molar-refractivity contribution in [3.63, 3.8) is 0 Å². The van der Waals surface area contributed by atoms with Crippen molar-refractivity contribution in [2.45, 2.75) is 179 Å². The number of methoxy groups -OCH3 is 1. The lowest BCUT2D eigenvalue weighted by atomic mass is 9.73. The van der Waals surface area contributed by atoms with E-state index in [0.717, 1.165) is 0 Å². The summed E-state index contributed by atoms with van der Waals surface area (Å²) >= 11 is 0. The molecule has 0 bridgehead atoms. The fraction of sp³-hybridized carbons (Fsp3) is 0.800. The Balaban J connectivity index is 1.85. The predicted molar refractivity (Wildman–Crippen MR) is 226 cm³/mol. The highest BCUT2D eigenvalue weighted by Gasteiger charge is 2.53. The van der Waals surface area contributed by atoms with Crippen molar-refractivity contribution in [1.29, 1.82) is 0 Å². The second-order valence-corrected chi connectivity index (χ2v) is 18.4. The molecule has 16 nitrogen and oxygen atoms in total. The molecule has 0 saturated carbocycles. The summed E-state index contributed by atoms with van der Waals surface area (Å²) in [5, 5.41) is 64.0. The average Bonchev–Trinajstić information content (AvgIpc) is 3.20. The number of ether oxygens (including phenoxy) is 6. The van der Waals surface area contributed by atoms with Crippen molar-refractivity contribution in [3.05, 3.63) is 30.1 Å². The van der Waals surface area contributed by atoms with Crippen molar-refractivity contribution in [2.75, 3.05) is 27.8 Å². The Morgan fingerprint density at radius 2 is 1.67 bits per heavy atom. The molecule has 0 aliphatic carbocycles. The number of hydrogen-bond acceptors (Lipinski definition) is 16. The second-order valence-electron chi connectivity index (χ2n) is 18.4. The zero-order valence-corrected chi connectivity index (χ0v) is 38.3. The van der Waals surface area contributed by atoms with E-state index in [1.165, 1.54) is 14.0 Å². The van der Waals surface area contributed by atoms with Crippen molar-refractivity contribution in [3.8, 4) is 11.8 Å². The van der Waals surface area contributed by atoms with Crippen LogP contribution in [0.15, 0.2) is 29.7 Å². The quantitative estimate of drug-likeness (QED) is 0.105. The normalized spacial score (nSPS) is 43.8. The monoisotopic (exact) mass is 864 g/mol. The molecule has 3 aliphatic heterocycles. The summed E-state index contributed by atoms with van der Waals surface area (Å²) in [6.07, 6.45) is -6.29. The topological polar surface area (TPSA) is 211 Å². The minimum atomic E-state index is -1.98. The number of likely N-dealkylation sites (N-methyl/N-ethyl adjacent to an activating group) is 1. The summed E-state index contributed by atoms with van der Waals surface area (Å²) in [6, 6.07) is 3.25. The highest BCUT2D eigenvalue weighted by Crippen LogP contribution is 2.41. The maximum atomic E-state index is 14.4. The number of aromatic nitrogens is 1. The van der Waals surface area contributed by atoms with Gasteiger partial charge in [0.1, 0.15) is 23.9 Å². The number of nitrogens with zero attached hydrogens (tertiary/aromatic N) is 3. The van der Waals surface area contributed by atoms with Crippen molar-refractivity contribution >= 4 is 11.7 Å². The summed E-state index contributed by atoms with van der Waals surface area (Å²) in [6.45, 7) is 16.9. The summed E-state index contributed by atoms with van der Waals surface area (Å²) < 4.78 is 37.8. The van der Waals surface area contributed by atoms with Gasteiger partial charge in [0.05, 0.1) is 53.4 Å². The van der Waals surface area contributed by atoms with Crippen LogP contribution in [-0.4, -0.2) is 159 Å². The molecule has 3 fully saturated rings. The zero-order chi connectivity index (χ0) is 45.6. The van der Waals surface area contributed by atoms with Crippen LogP contribution in [0.2, 0.25) is 0 Å². The molecule has 18 atom stereocenters. The third kappa shape index (κ3) is 12.1. The van der Waals surface area contributed by atoms with Gasteiger partial charge in [-0.3, -0.25) is 9.78 Å². The number of rotatable bonds is 9. The molecule has 5 N–H and O–H groups in total. The van der Waals surface area contributed by atoms with Crippen LogP contribution < -0.4 is 0 Å². The van der Waals surface area contributed by atoms with Gasteiger partial charge in [-0.2, -0.15) is 0 Å². The summed E-state index contributed by atoms with van der Waals surface area (Å²) in [5.41, 5.74) is -3.82. The maximum Gasteiger partial charge on any atom is 0.311 e. The van der Waals surface area contributed by atoms with E-state index < -0.39 is 102 Å². The van der Waals surface area contributed by atoms with E-state index in [2.05, 4.69) is 22.0 Å². The van der Waals surface area contributed by atoms with E-state index in [9.17, 15) is 30.3 Å². The third-order valence-electron chi connectivity index (χ3n) is 13.1. The number of carbonyl (C=O) groups excluding carboxylic acids is 1.